The molecule has 2 aliphatic rings. The first-order valence-corrected chi connectivity index (χ1v) is 12.5. The molecule has 29 heavy (non-hydrogen) atoms. The Balaban J connectivity index is 0.00000420. The molecule has 1 aliphatic carbocycles. The van der Waals surface area contributed by atoms with Crippen molar-refractivity contribution >= 4 is 49.8 Å². The van der Waals surface area contributed by atoms with Crippen LogP contribution in [0.3, 0.4) is 0 Å². The quantitative estimate of drug-likeness (QED) is 0.268. The van der Waals surface area contributed by atoms with Gasteiger partial charge in [0.25, 0.3) is 0 Å². The van der Waals surface area contributed by atoms with E-state index in [1.165, 1.54) is 6.26 Å². The maximum absolute atomic E-state index is 12.6. The molecule has 2 N–H and O–H groups in total. The van der Waals surface area contributed by atoms with Crippen molar-refractivity contribution in [3.63, 3.8) is 0 Å². The summed E-state index contributed by atoms with van der Waals surface area (Å²) in [6.07, 6.45) is 3.51. The van der Waals surface area contributed by atoms with E-state index in [9.17, 15) is 30.0 Å². The maximum atomic E-state index is 12.6. The van der Waals surface area contributed by atoms with E-state index in [0.717, 1.165) is 12.8 Å². The third kappa shape index (κ3) is 7.69. The number of hydrogen-bond donors (Lipinski definition) is 2. The fourth-order valence-electron chi connectivity index (χ4n) is 3.34. The lowest BCUT2D eigenvalue weighted by atomic mass is 9.98. The zero-order chi connectivity index (χ0) is 21.2. The lowest BCUT2D eigenvalue weighted by Gasteiger charge is -2.31. The van der Waals surface area contributed by atoms with Crippen LogP contribution in [0.2, 0.25) is 0 Å². The number of sulfonamides is 1. The van der Waals surface area contributed by atoms with Gasteiger partial charge in [-0.25, -0.2) is 16.8 Å². The summed E-state index contributed by atoms with van der Waals surface area (Å²) < 4.78 is 84.1. The summed E-state index contributed by atoms with van der Waals surface area (Å²) in [6, 6.07) is 0. The molecule has 0 aromatic carbocycles. The van der Waals surface area contributed by atoms with Gasteiger partial charge in [0.2, 0.25) is 0 Å². The first-order chi connectivity index (χ1) is 12.8. The van der Waals surface area contributed by atoms with Gasteiger partial charge in [-0.1, -0.05) is 0 Å². The normalized spacial score (nSPS) is 21.3. The van der Waals surface area contributed by atoms with Crippen molar-refractivity contribution in [3.8, 4) is 0 Å². The fourth-order valence-corrected chi connectivity index (χ4v) is 5.83. The SMILES string of the molecule is CN=C(NCC1CCN(S(=O)(=O)C(F)(F)F)CC1)NCC1(CS(C)(=O)=O)CC1.I. The number of nitrogens with one attached hydrogen (secondary N) is 2. The van der Waals surface area contributed by atoms with Crippen LogP contribution in [-0.4, -0.2) is 77.8 Å². The third-order valence-corrected chi connectivity index (χ3v) is 7.91. The highest BCUT2D eigenvalue weighted by Crippen LogP contribution is 2.46. The van der Waals surface area contributed by atoms with Crippen LogP contribution in [0.1, 0.15) is 25.7 Å². The molecule has 0 atom stereocenters. The highest BCUT2D eigenvalue weighted by atomic mass is 127. The third-order valence-electron chi connectivity index (χ3n) is 5.14. The first kappa shape index (κ1) is 26.7. The van der Waals surface area contributed by atoms with Crippen LogP contribution < -0.4 is 10.6 Å². The van der Waals surface area contributed by atoms with E-state index in [-0.39, 0.29) is 54.2 Å². The topological polar surface area (TPSA) is 108 Å². The molecule has 1 saturated heterocycles. The zero-order valence-electron chi connectivity index (χ0n) is 16.3. The van der Waals surface area contributed by atoms with Gasteiger partial charge in [-0.15, -0.1) is 24.0 Å². The molecule has 1 aliphatic heterocycles. The van der Waals surface area contributed by atoms with Gasteiger partial charge in [0.05, 0.1) is 5.75 Å². The molecule has 0 unspecified atom stereocenters. The Hall–Kier alpha value is -0.350. The number of nitrogens with zero attached hydrogens (tertiary/aromatic N) is 2. The summed E-state index contributed by atoms with van der Waals surface area (Å²) in [5.41, 5.74) is -5.53. The second-order valence-corrected chi connectivity index (χ2v) is 11.7. The number of sulfone groups is 1. The van der Waals surface area contributed by atoms with E-state index < -0.39 is 25.4 Å². The summed E-state index contributed by atoms with van der Waals surface area (Å²) in [5.74, 6) is 0.630. The van der Waals surface area contributed by atoms with Crippen molar-refractivity contribution < 1.29 is 30.0 Å². The van der Waals surface area contributed by atoms with Crippen molar-refractivity contribution in [2.24, 2.45) is 16.3 Å². The van der Waals surface area contributed by atoms with Crippen LogP contribution in [0, 0.1) is 11.3 Å². The molecule has 14 heteroatoms. The van der Waals surface area contributed by atoms with Crippen molar-refractivity contribution in [3.05, 3.63) is 0 Å². The molecule has 0 amide bonds. The number of hydrogen-bond acceptors (Lipinski definition) is 5. The van der Waals surface area contributed by atoms with Crippen molar-refractivity contribution in [1.29, 1.82) is 0 Å². The van der Waals surface area contributed by atoms with E-state index in [1.807, 2.05) is 0 Å². The van der Waals surface area contributed by atoms with Crippen molar-refractivity contribution in [2.45, 2.75) is 31.2 Å². The second kappa shape index (κ2) is 9.85. The molecule has 0 aromatic heterocycles. The minimum atomic E-state index is -5.27. The number of guanidine groups is 1. The molecule has 1 saturated carbocycles. The van der Waals surface area contributed by atoms with Crippen molar-refractivity contribution in [1.82, 2.24) is 14.9 Å². The Morgan fingerprint density at radius 1 is 1.14 bits per heavy atom. The molecular weight excluding hydrogens is 548 g/mol. The monoisotopic (exact) mass is 576 g/mol. The Labute approximate surface area is 187 Å². The van der Waals surface area contributed by atoms with Crippen molar-refractivity contribution in [2.75, 3.05) is 45.2 Å². The van der Waals surface area contributed by atoms with Gasteiger partial charge in [-0.2, -0.15) is 17.5 Å². The number of rotatable bonds is 7. The lowest BCUT2D eigenvalue weighted by Crippen LogP contribution is -2.47. The highest BCUT2D eigenvalue weighted by Gasteiger charge is 2.50. The molecule has 2 rings (SSSR count). The molecular formula is C15H28F3IN4O4S2. The lowest BCUT2D eigenvalue weighted by molar-refractivity contribution is -0.0496. The van der Waals surface area contributed by atoms with E-state index in [1.54, 1.807) is 7.05 Å². The fraction of sp³-hybridized carbons (Fsp3) is 0.933. The Morgan fingerprint density at radius 2 is 1.69 bits per heavy atom. The Kier molecular flexibility index (Phi) is 9.06. The number of alkyl halides is 3. The summed E-state index contributed by atoms with van der Waals surface area (Å²) in [4.78, 5) is 4.08. The predicted molar refractivity (Wildman–Crippen MR) is 115 cm³/mol. The molecule has 0 radical (unpaired) electrons. The minimum Gasteiger partial charge on any atom is -0.356 e. The second-order valence-electron chi connectivity index (χ2n) is 7.67. The number of halogens is 4. The largest absolute Gasteiger partial charge is 0.511 e. The van der Waals surface area contributed by atoms with Gasteiger partial charge in [-0.05, 0) is 31.6 Å². The molecule has 8 nitrogen and oxygen atoms in total. The summed E-state index contributed by atoms with van der Waals surface area (Å²) in [6.45, 7) is 0.579. The number of aliphatic imine (C=N–C) groups is 1. The average Bonchev–Trinajstić information content (AvgIpc) is 3.32. The molecule has 2 fully saturated rings. The standard InChI is InChI=1S/C15H27F3N4O4S2.HI/c1-19-13(21-10-14(5-6-14)11-27(2,23)24)20-9-12-3-7-22(8-4-12)28(25,26)15(16,17)18;/h12H,3-11H2,1-2H3,(H2,19,20,21);1H. The van der Waals surface area contributed by atoms with E-state index in [0.29, 0.717) is 36.2 Å². The molecule has 172 valence electrons. The van der Waals surface area contributed by atoms with Gasteiger partial charge >= 0.3 is 15.5 Å². The predicted octanol–water partition coefficient (Wildman–Crippen LogP) is 1.16. The van der Waals surface area contributed by atoms with Crippen LogP contribution in [0.25, 0.3) is 0 Å². The summed E-state index contributed by atoms with van der Waals surface area (Å²) in [7, 11) is -6.76. The van der Waals surface area contributed by atoms with E-state index in [4.69, 9.17) is 0 Å². The summed E-state index contributed by atoms with van der Waals surface area (Å²) >= 11 is 0. The van der Waals surface area contributed by atoms with Gasteiger partial charge in [-0.3, -0.25) is 4.99 Å². The van der Waals surface area contributed by atoms with Crippen LogP contribution in [0.4, 0.5) is 13.2 Å². The summed E-state index contributed by atoms with van der Waals surface area (Å²) in [5, 5.41) is 6.19. The van der Waals surface area contributed by atoms with E-state index in [2.05, 4.69) is 15.6 Å². The van der Waals surface area contributed by atoms with Crippen LogP contribution in [-0.2, 0) is 19.9 Å². The minimum absolute atomic E-state index is 0. The molecule has 0 spiro atoms. The molecule has 0 aromatic rings. The molecule has 1 heterocycles. The van der Waals surface area contributed by atoms with Gasteiger partial charge in [0, 0.05) is 44.9 Å². The van der Waals surface area contributed by atoms with E-state index >= 15 is 0 Å². The Bertz CT molecular complexity index is 791. The average molecular weight is 576 g/mol. The highest BCUT2D eigenvalue weighted by molar-refractivity contribution is 14.0. The first-order valence-electron chi connectivity index (χ1n) is 8.97. The number of piperidine rings is 1. The zero-order valence-corrected chi connectivity index (χ0v) is 20.3. The van der Waals surface area contributed by atoms with Gasteiger partial charge < -0.3 is 10.6 Å². The smallest absolute Gasteiger partial charge is 0.356 e. The maximum Gasteiger partial charge on any atom is 0.511 e. The van der Waals surface area contributed by atoms with Crippen LogP contribution in [0.15, 0.2) is 4.99 Å². The Morgan fingerprint density at radius 3 is 2.10 bits per heavy atom. The van der Waals surface area contributed by atoms with Gasteiger partial charge in [0.15, 0.2) is 5.96 Å². The molecule has 0 bridgehead atoms. The van der Waals surface area contributed by atoms with Crippen LogP contribution >= 0.6 is 24.0 Å². The van der Waals surface area contributed by atoms with Crippen LogP contribution in [0.5, 0.6) is 0 Å². The van der Waals surface area contributed by atoms with Gasteiger partial charge in [0.1, 0.15) is 9.84 Å².